The first-order valence-corrected chi connectivity index (χ1v) is 8.22. The molecule has 3 rings (SSSR count). The number of nitrogens with zero attached hydrogens (tertiary/aromatic N) is 2. The van der Waals surface area contributed by atoms with Crippen LogP contribution in [0.1, 0.15) is 20.7 Å². The summed E-state index contributed by atoms with van der Waals surface area (Å²) in [5, 5.41) is 0.613. The van der Waals surface area contributed by atoms with Gasteiger partial charge in [-0.1, -0.05) is 29.0 Å². The third kappa shape index (κ3) is 2.98. The van der Waals surface area contributed by atoms with E-state index in [1.807, 2.05) is 19.2 Å². The number of aryl methyl sites for hydroxylation is 1. The molecule has 0 fully saturated rings. The van der Waals surface area contributed by atoms with Gasteiger partial charge in [-0.25, -0.2) is 4.79 Å². The molecular weight excluding hydrogens is 348 g/mol. The van der Waals surface area contributed by atoms with E-state index in [4.69, 9.17) is 11.6 Å². The van der Waals surface area contributed by atoms with Gasteiger partial charge in [0.1, 0.15) is 0 Å². The van der Waals surface area contributed by atoms with Gasteiger partial charge in [-0.3, -0.25) is 4.79 Å². The van der Waals surface area contributed by atoms with E-state index in [-0.39, 0.29) is 5.91 Å². The zero-order valence-corrected chi connectivity index (χ0v) is 14.5. The molecule has 0 atom stereocenters. The number of benzene rings is 2. The molecule has 0 radical (unpaired) electrons. The second-order valence-corrected chi connectivity index (χ2v) is 6.43. The zero-order chi connectivity index (χ0) is 17.3. The number of hydrogen-bond acceptors (Lipinski definition) is 4. The average Bonchev–Trinajstić information content (AvgIpc) is 2.91. The number of carbonyl (C=O) groups excluding carboxylic acids is 2. The zero-order valence-electron chi connectivity index (χ0n) is 12.9. The van der Waals surface area contributed by atoms with Crippen LogP contribution in [0.25, 0.3) is 10.2 Å². The number of hydrogen-bond donors (Lipinski definition) is 0. The quantitative estimate of drug-likeness (QED) is 0.658. The van der Waals surface area contributed by atoms with Crippen molar-refractivity contribution in [2.75, 3.05) is 7.11 Å². The molecule has 0 unspecified atom stereocenters. The molecule has 1 heterocycles. The summed E-state index contributed by atoms with van der Waals surface area (Å²) in [6, 6.07) is 11.8. The minimum absolute atomic E-state index is 0.383. The molecule has 5 nitrogen and oxygen atoms in total. The number of thiazole rings is 1. The number of esters is 1. The fraction of sp³-hybridized carbons (Fsp3) is 0.118. The van der Waals surface area contributed by atoms with Crippen LogP contribution in [-0.2, 0) is 11.8 Å². The average molecular weight is 361 g/mol. The third-order valence-electron chi connectivity index (χ3n) is 3.52. The number of halogens is 1. The summed E-state index contributed by atoms with van der Waals surface area (Å²) >= 11 is 7.60. The maximum Gasteiger partial charge on any atom is 0.337 e. The van der Waals surface area contributed by atoms with Gasteiger partial charge in [0.15, 0.2) is 4.80 Å². The lowest BCUT2D eigenvalue weighted by molar-refractivity contribution is 0.0600. The van der Waals surface area contributed by atoms with Gasteiger partial charge in [0.05, 0.1) is 27.9 Å². The van der Waals surface area contributed by atoms with Crippen molar-refractivity contribution < 1.29 is 14.3 Å². The van der Waals surface area contributed by atoms with Crippen LogP contribution in [0.4, 0.5) is 0 Å². The summed E-state index contributed by atoms with van der Waals surface area (Å²) in [6.45, 7) is 0. The molecule has 122 valence electrons. The van der Waals surface area contributed by atoms with Gasteiger partial charge < -0.3 is 9.30 Å². The van der Waals surface area contributed by atoms with E-state index in [0.717, 1.165) is 10.2 Å². The molecule has 0 aliphatic rings. The van der Waals surface area contributed by atoms with Gasteiger partial charge >= 0.3 is 5.97 Å². The van der Waals surface area contributed by atoms with Gasteiger partial charge in [0.25, 0.3) is 5.91 Å². The van der Waals surface area contributed by atoms with Crippen molar-refractivity contribution in [2.45, 2.75) is 0 Å². The second kappa shape index (κ2) is 6.59. The Bertz CT molecular complexity index is 1000. The Labute approximate surface area is 146 Å². The summed E-state index contributed by atoms with van der Waals surface area (Å²) < 4.78 is 7.38. The lowest BCUT2D eigenvalue weighted by Crippen LogP contribution is -2.13. The molecule has 0 saturated heterocycles. The molecule has 0 aliphatic heterocycles. The molecule has 7 heteroatoms. The van der Waals surface area contributed by atoms with Crippen LogP contribution in [0, 0.1) is 0 Å². The van der Waals surface area contributed by atoms with E-state index in [0.29, 0.717) is 21.0 Å². The summed E-state index contributed by atoms with van der Waals surface area (Å²) in [4.78, 5) is 28.5. The molecule has 2 aromatic carbocycles. The first kappa shape index (κ1) is 16.4. The normalized spacial score (nSPS) is 11.7. The first-order chi connectivity index (χ1) is 11.5. The molecule has 3 aromatic rings. The molecular formula is C17H13ClN2O3S. The van der Waals surface area contributed by atoms with E-state index < -0.39 is 5.97 Å². The number of amides is 1. The number of carbonyl (C=O) groups is 2. The number of ether oxygens (including phenoxy) is 1. The van der Waals surface area contributed by atoms with Crippen LogP contribution in [0.5, 0.6) is 0 Å². The monoisotopic (exact) mass is 360 g/mol. The number of methoxy groups -OCH3 is 1. The second-order valence-electron chi connectivity index (χ2n) is 5.02. The van der Waals surface area contributed by atoms with Crippen LogP contribution in [0.15, 0.2) is 47.5 Å². The van der Waals surface area contributed by atoms with Crippen LogP contribution in [0.3, 0.4) is 0 Å². The van der Waals surface area contributed by atoms with E-state index in [2.05, 4.69) is 9.73 Å². The largest absolute Gasteiger partial charge is 0.465 e. The van der Waals surface area contributed by atoms with Crippen molar-refractivity contribution in [3.05, 3.63) is 63.4 Å². The van der Waals surface area contributed by atoms with E-state index in [1.54, 1.807) is 22.8 Å². The van der Waals surface area contributed by atoms with Crippen molar-refractivity contribution in [1.29, 1.82) is 0 Å². The topological polar surface area (TPSA) is 60.7 Å². The lowest BCUT2D eigenvalue weighted by Gasteiger charge is -2.00. The third-order valence-corrected chi connectivity index (χ3v) is 4.93. The highest BCUT2D eigenvalue weighted by Crippen LogP contribution is 2.24. The van der Waals surface area contributed by atoms with E-state index in [1.165, 1.54) is 30.6 Å². The highest BCUT2D eigenvalue weighted by Gasteiger charge is 2.10. The summed E-state index contributed by atoms with van der Waals surface area (Å²) in [5.74, 6) is -0.832. The Morgan fingerprint density at radius 3 is 2.42 bits per heavy atom. The smallest absolute Gasteiger partial charge is 0.337 e. The van der Waals surface area contributed by atoms with Gasteiger partial charge in [-0.05, 0) is 36.4 Å². The predicted molar refractivity (Wildman–Crippen MR) is 93.5 cm³/mol. The Morgan fingerprint density at radius 1 is 1.12 bits per heavy atom. The molecule has 0 aliphatic carbocycles. The molecule has 0 spiro atoms. The van der Waals surface area contributed by atoms with Crippen LogP contribution in [-0.4, -0.2) is 23.6 Å². The van der Waals surface area contributed by atoms with Gasteiger partial charge in [0.2, 0.25) is 0 Å². The van der Waals surface area contributed by atoms with Crippen molar-refractivity contribution in [1.82, 2.24) is 4.57 Å². The van der Waals surface area contributed by atoms with Crippen LogP contribution in [0.2, 0.25) is 5.02 Å². The molecule has 1 amide bonds. The van der Waals surface area contributed by atoms with Crippen molar-refractivity contribution >= 4 is 45.0 Å². The molecule has 0 saturated carbocycles. The fourth-order valence-corrected chi connectivity index (χ4v) is 3.68. The molecule has 0 N–H and O–H groups in total. The predicted octanol–water partition coefficient (Wildman–Crippen LogP) is 3.42. The van der Waals surface area contributed by atoms with Crippen molar-refractivity contribution in [2.24, 2.45) is 12.0 Å². The fourth-order valence-electron chi connectivity index (χ4n) is 2.28. The van der Waals surface area contributed by atoms with Gasteiger partial charge in [-0.15, -0.1) is 0 Å². The molecule has 24 heavy (non-hydrogen) atoms. The van der Waals surface area contributed by atoms with Crippen molar-refractivity contribution in [3.8, 4) is 0 Å². The Kier molecular flexibility index (Phi) is 4.51. The minimum Gasteiger partial charge on any atom is -0.465 e. The van der Waals surface area contributed by atoms with Crippen LogP contribution >= 0.6 is 22.9 Å². The molecule has 1 aromatic heterocycles. The van der Waals surface area contributed by atoms with Gasteiger partial charge in [0, 0.05) is 12.6 Å². The first-order valence-electron chi connectivity index (χ1n) is 7.02. The highest BCUT2D eigenvalue weighted by atomic mass is 35.5. The number of para-hydroxylation sites is 1. The van der Waals surface area contributed by atoms with Crippen LogP contribution < -0.4 is 4.80 Å². The standard InChI is InChI=1S/C17H13ClN2O3S/c1-20-14-12(18)4-3-5-13(14)24-17(20)19-15(21)10-6-8-11(9-7-10)16(22)23-2/h3-9H,1-2H3. The van der Waals surface area contributed by atoms with Crippen molar-refractivity contribution in [3.63, 3.8) is 0 Å². The Hall–Kier alpha value is -2.44. The number of aromatic nitrogens is 1. The molecule has 0 bridgehead atoms. The summed E-state index contributed by atoms with van der Waals surface area (Å²) in [5.41, 5.74) is 1.62. The summed E-state index contributed by atoms with van der Waals surface area (Å²) in [7, 11) is 3.13. The SMILES string of the molecule is COC(=O)c1ccc(C(=O)N=c2sc3cccc(Cl)c3n2C)cc1. The van der Waals surface area contributed by atoms with E-state index in [9.17, 15) is 9.59 Å². The summed E-state index contributed by atoms with van der Waals surface area (Å²) in [6.07, 6.45) is 0. The lowest BCUT2D eigenvalue weighted by atomic mass is 10.1. The minimum atomic E-state index is -0.448. The van der Waals surface area contributed by atoms with E-state index >= 15 is 0 Å². The Morgan fingerprint density at radius 2 is 1.79 bits per heavy atom. The number of rotatable bonds is 2. The van der Waals surface area contributed by atoms with Gasteiger partial charge in [-0.2, -0.15) is 4.99 Å². The number of fused-ring (bicyclic) bond motifs is 1. The Balaban J connectivity index is 1.99. The highest BCUT2D eigenvalue weighted by molar-refractivity contribution is 7.16. The maximum absolute atomic E-state index is 12.4. The maximum atomic E-state index is 12.4.